The summed E-state index contributed by atoms with van der Waals surface area (Å²) in [5.74, 6) is 0. The summed E-state index contributed by atoms with van der Waals surface area (Å²) in [6.07, 6.45) is 0. The van der Waals surface area contributed by atoms with Gasteiger partial charge in [0.1, 0.15) is 11.2 Å². The highest BCUT2D eigenvalue weighted by molar-refractivity contribution is 6.20. The molecule has 0 bridgehead atoms. The van der Waals surface area contributed by atoms with Gasteiger partial charge in [0, 0.05) is 44.0 Å². The van der Waals surface area contributed by atoms with E-state index in [1.165, 1.54) is 65.6 Å². The Bertz CT molecular complexity index is 3860. The van der Waals surface area contributed by atoms with Gasteiger partial charge in [-0.25, -0.2) is 0 Å². The molecule has 13 aromatic rings. The van der Waals surface area contributed by atoms with Crippen molar-refractivity contribution >= 4 is 93.1 Å². The summed E-state index contributed by atoms with van der Waals surface area (Å²) in [5, 5.41) is 11.8. The predicted molar refractivity (Wildman–Crippen MR) is 266 cm³/mol. The Morgan fingerprint density at radius 3 is 1.67 bits per heavy atom. The predicted octanol–water partition coefficient (Wildman–Crippen LogP) is 16.9. The summed E-state index contributed by atoms with van der Waals surface area (Å²) in [7, 11) is 0. The zero-order valence-electron chi connectivity index (χ0n) is 34.2. The number of benzene rings is 11. The molecule has 2 aromatic heterocycles. The lowest BCUT2D eigenvalue weighted by molar-refractivity contribution is 0.672. The topological polar surface area (TPSA) is 21.3 Å². The van der Waals surface area contributed by atoms with Crippen molar-refractivity contribution in [1.29, 1.82) is 0 Å². The third-order valence-corrected chi connectivity index (χ3v) is 13.0. The van der Waals surface area contributed by atoms with E-state index in [-0.39, 0.29) is 0 Å². The smallest absolute Gasteiger partial charge is 0.145 e. The van der Waals surface area contributed by atoms with Crippen molar-refractivity contribution in [2.75, 3.05) is 4.90 Å². The molecule has 63 heavy (non-hydrogen) atoms. The normalized spacial score (nSPS) is 11.8. The van der Waals surface area contributed by atoms with Crippen LogP contribution in [0.15, 0.2) is 235 Å². The van der Waals surface area contributed by atoms with Crippen LogP contribution in [0.2, 0.25) is 0 Å². The average Bonchev–Trinajstić information content (AvgIpc) is 3.90. The van der Waals surface area contributed by atoms with Crippen LogP contribution in [-0.4, -0.2) is 4.57 Å². The molecule has 0 aliphatic rings. The highest BCUT2D eigenvalue weighted by atomic mass is 16.3. The van der Waals surface area contributed by atoms with Crippen molar-refractivity contribution in [3.8, 4) is 27.9 Å². The third kappa shape index (κ3) is 5.60. The first-order valence-electron chi connectivity index (χ1n) is 21.6. The number of rotatable bonds is 6. The third-order valence-electron chi connectivity index (χ3n) is 13.0. The number of furan rings is 1. The van der Waals surface area contributed by atoms with Crippen LogP contribution >= 0.6 is 0 Å². The Morgan fingerprint density at radius 2 is 0.921 bits per heavy atom. The molecule has 0 aliphatic heterocycles. The monoisotopic (exact) mass is 802 g/mol. The summed E-state index contributed by atoms with van der Waals surface area (Å²) in [6, 6.07) is 83.5. The molecule has 13 rings (SSSR count). The van der Waals surface area contributed by atoms with Gasteiger partial charge in [0.15, 0.2) is 0 Å². The van der Waals surface area contributed by atoms with E-state index in [0.717, 1.165) is 55.5 Å². The second-order valence-electron chi connectivity index (χ2n) is 16.5. The molecule has 0 unspecified atom stereocenters. The van der Waals surface area contributed by atoms with Gasteiger partial charge in [0.05, 0.1) is 16.7 Å². The second kappa shape index (κ2) is 14.1. The molecule has 0 aliphatic carbocycles. The number of nitrogens with zero attached hydrogens (tertiary/aromatic N) is 2. The van der Waals surface area contributed by atoms with Gasteiger partial charge in [-0.3, -0.25) is 0 Å². The molecular weight excluding hydrogens is 765 g/mol. The largest absolute Gasteiger partial charge is 0.455 e. The van der Waals surface area contributed by atoms with Crippen LogP contribution in [0, 0.1) is 0 Å². The van der Waals surface area contributed by atoms with Gasteiger partial charge in [-0.15, -0.1) is 0 Å². The minimum Gasteiger partial charge on any atom is -0.455 e. The highest BCUT2D eigenvalue weighted by Crippen LogP contribution is 2.45. The zero-order chi connectivity index (χ0) is 41.4. The van der Waals surface area contributed by atoms with Crippen molar-refractivity contribution < 1.29 is 4.42 Å². The average molecular weight is 803 g/mol. The Kier molecular flexibility index (Phi) is 7.91. The van der Waals surface area contributed by atoms with Crippen LogP contribution in [0.1, 0.15) is 0 Å². The van der Waals surface area contributed by atoms with Crippen LogP contribution in [0.25, 0.3) is 104 Å². The molecule has 3 heteroatoms. The van der Waals surface area contributed by atoms with Gasteiger partial charge in [-0.05, 0) is 116 Å². The van der Waals surface area contributed by atoms with Crippen molar-refractivity contribution in [2.45, 2.75) is 0 Å². The molecular formula is C60H38N2O. The van der Waals surface area contributed by atoms with Crippen LogP contribution in [0.3, 0.4) is 0 Å². The van der Waals surface area contributed by atoms with Gasteiger partial charge < -0.3 is 13.9 Å². The standard InChI is InChI=1S/C60H38N2O/c1-2-13-39(14-3-1)47-16-4-5-17-48(47)40-27-30-44(31-28-40)61(57-23-12-15-41-29-34-54-53-20-8-11-24-58(53)63-60(54)59(41)57)45-32-35-49-42(37-45)25-26-43-38-46(33-36-50(43)49)62-55-21-9-6-18-51(55)52-19-7-10-22-56(52)62/h1-38H. The minimum absolute atomic E-state index is 0.890. The van der Waals surface area contributed by atoms with Gasteiger partial charge >= 0.3 is 0 Å². The van der Waals surface area contributed by atoms with E-state index < -0.39 is 0 Å². The number of anilines is 3. The Balaban J connectivity index is 0.982. The number of aromatic nitrogens is 1. The zero-order valence-corrected chi connectivity index (χ0v) is 34.2. The van der Waals surface area contributed by atoms with E-state index in [2.05, 4.69) is 234 Å². The number of hydrogen-bond acceptors (Lipinski definition) is 2. The molecule has 0 saturated carbocycles. The maximum atomic E-state index is 6.73. The molecule has 294 valence electrons. The quantitative estimate of drug-likeness (QED) is 0.156. The van der Waals surface area contributed by atoms with Crippen LogP contribution in [-0.2, 0) is 0 Å². The molecule has 0 fully saturated rings. The fourth-order valence-corrected chi connectivity index (χ4v) is 10.1. The molecule has 0 N–H and O–H groups in total. The van der Waals surface area contributed by atoms with Crippen LogP contribution in [0.5, 0.6) is 0 Å². The molecule has 11 aromatic carbocycles. The SMILES string of the molecule is c1ccc(-c2ccccc2-c2ccc(N(c3ccc4c(ccc5cc(-n6c7ccccc7c7ccccc76)ccc54)c3)c3cccc4ccc5c6ccccc6oc5c34)cc2)cc1. The van der Waals surface area contributed by atoms with Crippen molar-refractivity contribution in [3.63, 3.8) is 0 Å². The molecule has 0 radical (unpaired) electrons. The first kappa shape index (κ1) is 35.4. The first-order valence-corrected chi connectivity index (χ1v) is 21.6. The Morgan fingerprint density at radius 1 is 0.349 bits per heavy atom. The summed E-state index contributed by atoms with van der Waals surface area (Å²) >= 11 is 0. The van der Waals surface area contributed by atoms with E-state index in [0.29, 0.717) is 0 Å². The fourth-order valence-electron chi connectivity index (χ4n) is 10.1. The molecule has 0 amide bonds. The lowest BCUT2D eigenvalue weighted by atomic mass is 9.94. The molecule has 2 heterocycles. The molecule has 0 saturated heterocycles. The van der Waals surface area contributed by atoms with E-state index in [1.54, 1.807) is 0 Å². The molecule has 0 atom stereocenters. The number of hydrogen-bond donors (Lipinski definition) is 0. The highest BCUT2D eigenvalue weighted by Gasteiger charge is 2.21. The van der Waals surface area contributed by atoms with E-state index >= 15 is 0 Å². The van der Waals surface area contributed by atoms with Gasteiger partial charge in [-0.1, -0.05) is 164 Å². The van der Waals surface area contributed by atoms with E-state index in [9.17, 15) is 0 Å². The van der Waals surface area contributed by atoms with Crippen molar-refractivity contribution in [3.05, 3.63) is 231 Å². The Hall–Kier alpha value is -8.40. The van der Waals surface area contributed by atoms with Gasteiger partial charge in [0.2, 0.25) is 0 Å². The van der Waals surface area contributed by atoms with Crippen LogP contribution in [0.4, 0.5) is 17.1 Å². The number of fused-ring (bicyclic) bond motifs is 11. The maximum absolute atomic E-state index is 6.73. The van der Waals surface area contributed by atoms with E-state index in [4.69, 9.17) is 4.42 Å². The van der Waals surface area contributed by atoms with E-state index in [1.807, 2.05) is 6.07 Å². The first-order chi connectivity index (χ1) is 31.2. The number of para-hydroxylation sites is 3. The summed E-state index contributed by atoms with van der Waals surface area (Å²) in [4.78, 5) is 2.40. The maximum Gasteiger partial charge on any atom is 0.145 e. The summed E-state index contributed by atoms with van der Waals surface area (Å²) in [6.45, 7) is 0. The Labute approximate surface area is 363 Å². The second-order valence-corrected chi connectivity index (χ2v) is 16.5. The summed E-state index contributed by atoms with van der Waals surface area (Å²) < 4.78 is 9.13. The lowest BCUT2D eigenvalue weighted by Gasteiger charge is -2.27. The van der Waals surface area contributed by atoms with Crippen molar-refractivity contribution in [1.82, 2.24) is 4.57 Å². The van der Waals surface area contributed by atoms with Crippen LogP contribution < -0.4 is 4.90 Å². The molecule has 0 spiro atoms. The van der Waals surface area contributed by atoms with Crippen molar-refractivity contribution in [2.24, 2.45) is 0 Å². The molecule has 3 nitrogen and oxygen atoms in total. The fraction of sp³-hybridized carbons (Fsp3) is 0. The summed E-state index contributed by atoms with van der Waals surface area (Å²) in [5.41, 5.74) is 13.4. The van der Waals surface area contributed by atoms with Gasteiger partial charge in [0.25, 0.3) is 0 Å². The lowest BCUT2D eigenvalue weighted by Crippen LogP contribution is -2.10. The minimum atomic E-state index is 0.890. The van der Waals surface area contributed by atoms with Gasteiger partial charge in [-0.2, -0.15) is 0 Å².